The summed E-state index contributed by atoms with van der Waals surface area (Å²) in [6.07, 6.45) is 0.00358. The summed E-state index contributed by atoms with van der Waals surface area (Å²) in [5, 5.41) is 19.9. The third-order valence-corrected chi connectivity index (χ3v) is 5.65. The lowest BCUT2D eigenvalue weighted by Crippen LogP contribution is -2.25. The number of carbonyl (C=O) groups excluding carboxylic acids is 1. The second-order valence-electron chi connectivity index (χ2n) is 7.38. The average Bonchev–Trinajstić information content (AvgIpc) is 3.04. The van der Waals surface area contributed by atoms with Gasteiger partial charge in [-0.2, -0.15) is 0 Å². The van der Waals surface area contributed by atoms with E-state index in [9.17, 15) is 19.8 Å². The third kappa shape index (κ3) is 3.17. The van der Waals surface area contributed by atoms with Gasteiger partial charge in [0.1, 0.15) is 5.82 Å². The molecule has 1 aliphatic carbocycles. The highest BCUT2D eigenvalue weighted by molar-refractivity contribution is 5.97. The summed E-state index contributed by atoms with van der Waals surface area (Å²) in [5.74, 6) is -3.16. The zero-order valence-corrected chi connectivity index (χ0v) is 15.6. The molecule has 2 atom stereocenters. The summed E-state index contributed by atoms with van der Waals surface area (Å²) in [6.45, 7) is 0.363. The Morgan fingerprint density at radius 3 is 2.59 bits per heavy atom. The SMILES string of the molecule is NC(=O)C1CCCc2c1c1c(C(O)C(=O)O)ccc(F)c1n2Cc1ccccc1. The lowest BCUT2D eigenvalue weighted by atomic mass is 9.83. The molecule has 0 saturated carbocycles. The summed E-state index contributed by atoms with van der Waals surface area (Å²) in [5.41, 5.74) is 8.17. The Kier molecular flexibility index (Phi) is 4.84. The number of carbonyl (C=O) groups is 2. The molecule has 1 aliphatic rings. The fourth-order valence-corrected chi connectivity index (χ4v) is 4.40. The minimum atomic E-state index is -1.83. The van der Waals surface area contributed by atoms with E-state index in [0.717, 1.165) is 17.3 Å². The first-order chi connectivity index (χ1) is 13.9. The fraction of sp³-hybridized carbons (Fsp3) is 0.273. The highest BCUT2D eigenvalue weighted by Gasteiger charge is 2.34. The molecule has 1 aromatic heterocycles. The minimum absolute atomic E-state index is 0.0742. The lowest BCUT2D eigenvalue weighted by molar-refractivity contribution is -0.146. The van der Waals surface area contributed by atoms with E-state index >= 15 is 4.39 Å². The number of halogens is 1. The molecule has 150 valence electrons. The lowest BCUT2D eigenvalue weighted by Gasteiger charge is -2.22. The number of aliphatic hydroxyl groups is 1. The molecule has 0 saturated heterocycles. The Morgan fingerprint density at radius 2 is 1.93 bits per heavy atom. The summed E-state index contributed by atoms with van der Waals surface area (Å²) in [7, 11) is 0. The molecule has 1 amide bonds. The highest BCUT2D eigenvalue weighted by Crippen LogP contribution is 2.43. The van der Waals surface area contributed by atoms with Crippen LogP contribution in [0.5, 0.6) is 0 Å². The topological polar surface area (TPSA) is 106 Å². The van der Waals surface area contributed by atoms with Crippen LogP contribution in [0.3, 0.4) is 0 Å². The maximum absolute atomic E-state index is 15.0. The van der Waals surface area contributed by atoms with Crippen molar-refractivity contribution in [2.45, 2.75) is 37.8 Å². The van der Waals surface area contributed by atoms with Crippen molar-refractivity contribution in [3.8, 4) is 0 Å². The van der Waals surface area contributed by atoms with Crippen molar-refractivity contribution in [2.24, 2.45) is 5.73 Å². The van der Waals surface area contributed by atoms with Gasteiger partial charge in [0.2, 0.25) is 5.91 Å². The van der Waals surface area contributed by atoms with Gasteiger partial charge in [-0.1, -0.05) is 36.4 Å². The molecule has 0 bridgehead atoms. The molecule has 0 fully saturated rings. The number of nitrogens with zero attached hydrogens (tertiary/aromatic N) is 1. The van der Waals surface area contributed by atoms with E-state index in [0.29, 0.717) is 31.4 Å². The highest BCUT2D eigenvalue weighted by atomic mass is 19.1. The standard InChI is InChI=1S/C22H21FN2O4/c23-15-10-9-13(20(26)22(28)29)18-17-14(21(24)27)7-4-8-16(17)25(19(15)18)11-12-5-2-1-3-6-12/h1-3,5-6,9-10,14,20,26H,4,7-8,11H2,(H2,24,27)(H,28,29). The number of nitrogens with two attached hydrogens (primary N) is 1. The molecule has 2 unspecified atom stereocenters. The fourth-order valence-electron chi connectivity index (χ4n) is 4.40. The zero-order chi connectivity index (χ0) is 20.7. The van der Waals surface area contributed by atoms with Crippen molar-refractivity contribution in [3.63, 3.8) is 0 Å². The smallest absolute Gasteiger partial charge is 0.337 e. The predicted octanol–water partition coefficient (Wildman–Crippen LogP) is 2.85. The van der Waals surface area contributed by atoms with E-state index in [4.69, 9.17) is 5.73 Å². The Labute approximate surface area is 166 Å². The molecule has 29 heavy (non-hydrogen) atoms. The van der Waals surface area contributed by atoms with Gasteiger partial charge >= 0.3 is 5.97 Å². The van der Waals surface area contributed by atoms with E-state index in [1.54, 1.807) is 4.57 Å². The molecule has 3 aromatic rings. The third-order valence-electron chi connectivity index (χ3n) is 5.65. The normalized spacial score (nSPS) is 17.1. The molecule has 0 spiro atoms. The average molecular weight is 396 g/mol. The van der Waals surface area contributed by atoms with Crippen LogP contribution in [0.1, 0.15) is 47.2 Å². The maximum atomic E-state index is 15.0. The van der Waals surface area contributed by atoms with Crippen LogP contribution in [0.15, 0.2) is 42.5 Å². The number of carboxylic acid groups (broad SMARTS) is 1. The van der Waals surface area contributed by atoms with Crippen molar-refractivity contribution >= 4 is 22.8 Å². The van der Waals surface area contributed by atoms with Gasteiger partial charge in [-0.25, -0.2) is 9.18 Å². The van der Waals surface area contributed by atoms with Crippen LogP contribution in [-0.4, -0.2) is 26.7 Å². The van der Waals surface area contributed by atoms with E-state index in [2.05, 4.69) is 0 Å². The van der Waals surface area contributed by atoms with Gasteiger partial charge in [0.25, 0.3) is 0 Å². The molecule has 0 aliphatic heterocycles. The van der Waals surface area contributed by atoms with Crippen molar-refractivity contribution in [3.05, 3.63) is 70.7 Å². The Morgan fingerprint density at radius 1 is 1.21 bits per heavy atom. The summed E-state index contributed by atoms with van der Waals surface area (Å²) in [6, 6.07) is 11.9. The molecule has 6 nitrogen and oxygen atoms in total. The van der Waals surface area contributed by atoms with Crippen molar-refractivity contribution in [1.29, 1.82) is 0 Å². The Bertz CT molecular complexity index is 1110. The van der Waals surface area contributed by atoms with Crippen molar-refractivity contribution in [2.75, 3.05) is 0 Å². The second kappa shape index (κ2) is 7.33. The van der Waals surface area contributed by atoms with Gasteiger partial charge in [-0.15, -0.1) is 0 Å². The first-order valence-corrected chi connectivity index (χ1v) is 9.47. The number of amides is 1. The van der Waals surface area contributed by atoms with Crippen LogP contribution in [0.2, 0.25) is 0 Å². The molecule has 7 heteroatoms. The second-order valence-corrected chi connectivity index (χ2v) is 7.38. The number of hydrogen-bond acceptors (Lipinski definition) is 3. The summed E-state index contributed by atoms with van der Waals surface area (Å²) >= 11 is 0. The van der Waals surface area contributed by atoms with Gasteiger partial charge in [0.15, 0.2) is 6.10 Å². The number of rotatable bonds is 5. The predicted molar refractivity (Wildman–Crippen MR) is 105 cm³/mol. The Balaban J connectivity index is 2.07. The van der Waals surface area contributed by atoms with Gasteiger partial charge in [-0.05, 0) is 36.5 Å². The summed E-state index contributed by atoms with van der Waals surface area (Å²) in [4.78, 5) is 23.6. The molecular formula is C22H21FN2O4. The molecule has 0 radical (unpaired) electrons. The first-order valence-electron chi connectivity index (χ1n) is 9.47. The molecular weight excluding hydrogens is 375 g/mol. The maximum Gasteiger partial charge on any atom is 0.337 e. The van der Waals surface area contributed by atoms with Gasteiger partial charge < -0.3 is 20.5 Å². The molecule has 4 rings (SSSR count). The van der Waals surface area contributed by atoms with Gasteiger partial charge in [0, 0.05) is 23.2 Å². The van der Waals surface area contributed by atoms with Gasteiger partial charge in [-0.3, -0.25) is 4.79 Å². The van der Waals surface area contributed by atoms with Crippen LogP contribution in [-0.2, 0) is 22.6 Å². The van der Waals surface area contributed by atoms with Crippen LogP contribution in [0.4, 0.5) is 4.39 Å². The van der Waals surface area contributed by atoms with E-state index in [-0.39, 0.29) is 16.5 Å². The number of fused-ring (bicyclic) bond motifs is 3. The number of aromatic nitrogens is 1. The monoisotopic (exact) mass is 396 g/mol. The van der Waals surface area contributed by atoms with Crippen LogP contribution >= 0.6 is 0 Å². The quantitative estimate of drug-likeness (QED) is 0.617. The number of hydrogen-bond donors (Lipinski definition) is 3. The van der Waals surface area contributed by atoms with E-state index in [1.807, 2.05) is 30.3 Å². The van der Waals surface area contributed by atoms with Crippen LogP contribution < -0.4 is 5.73 Å². The first kappa shape index (κ1) is 19.1. The van der Waals surface area contributed by atoms with Crippen LogP contribution in [0.25, 0.3) is 10.9 Å². The van der Waals surface area contributed by atoms with E-state index in [1.165, 1.54) is 6.07 Å². The van der Waals surface area contributed by atoms with Gasteiger partial charge in [0.05, 0.1) is 11.4 Å². The molecule has 2 aromatic carbocycles. The number of aliphatic hydroxyl groups excluding tert-OH is 1. The summed E-state index contributed by atoms with van der Waals surface area (Å²) < 4.78 is 16.8. The number of benzene rings is 2. The zero-order valence-electron chi connectivity index (χ0n) is 15.6. The number of aliphatic carboxylic acids is 1. The minimum Gasteiger partial charge on any atom is -0.479 e. The Hall–Kier alpha value is -3.19. The van der Waals surface area contributed by atoms with E-state index < -0.39 is 29.7 Å². The van der Waals surface area contributed by atoms with Crippen molar-refractivity contribution < 1.29 is 24.2 Å². The number of primary amides is 1. The molecule has 1 heterocycles. The van der Waals surface area contributed by atoms with Crippen molar-refractivity contribution in [1.82, 2.24) is 4.57 Å². The number of carboxylic acids is 1. The molecule has 4 N–H and O–H groups in total. The largest absolute Gasteiger partial charge is 0.479 e. The van der Waals surface area contributed by atoms with Crippen LogP contribution in [0, 0.1) is 5.82 Å².